The number of hydrogen-bond acceptors (Lipinski definition) is 7. The van der Waals surface area contributed by atoms with Crippen LogP contribution in [0.25, 0.3) is 0 Å². The number of para-hydroxylation sites is 1. The molecule has 4 rings (SSSR count). The van der Waals surface area contributed by atoms with Crippen LogP contribution in [0, 0.1) is 0 Å². The quantitative estimate of drug-likeness (QED) is 0.367. The van der Waals surface area contributed by atoms with Crippen LogP contribution in [-0.2, 0) is 19.6 Å². The zero-order valence-electron chi connectivity index (χ0n) is 20.6. The van der Waals surface area contributed by atoms with Crippen LogP contribution in [-0.4, -0.2) is 60.2 Å². The van der Waals surface area contributed by atoms with E-state index in [2.05, 4.69) is 15.4 Å². The molecule has 1 aliphatic rings. The molecule has 1 heterocycles. The fourth-order valence-electron chi connectivity index (χ4n) is 3.83. The Hall–Kier alpha value is -3.80. The lowest BCUT2D eigenvalue weighted by atomic mass is 10.2. The maximum Gasteiger partial charge on any atom is 0.264 e. The van der Waals surface area contributed by atoms with Crippen LogP contribution in [0.15, 0.2) is 71.6 Å². The minimum atomic E-state index is -4.09. The Balaban J connectivity index is 1.51. The molecule has 3 N–H and O–H groups in total. The Labute approximate surface area is 225 Å². The summed E-state index contributed by atoms with van der Waals surface area (Å²) < 4.78 is 39.9. The molecule has 0 saturated carbocycles. The summed E-state index contributed by atoms with van der Waals surface area (Å²) in [7, 11) is -2.57. The number of anilines is 3. The summed E-state index contributed by atoms with van der Waals surface area (Å²) in [6, 6.07) is 17.6. The third-order valence-corrected chi connectivity index (χ3v) is 7.49. The van der Waals surface area contributed by atoms with E-state index in [0.29, 0.717) is 43.3 Å². The van der Waals surface area contributed by atoms with Gasteiger partial charge in [0.25, 0.3) is 15.9 Å². The van der Waals surface area contributed by atoms with E-state index >= 15 is 0 Å². The smallest absolute Gasteiger partial charge is 0.264 e. The highest BCUT2D eigenvalue weighted by Crippen LogP contribution is 2.32. The number of carbonyl (C=O) groups is 2. The molecule has 0 atom stereocenters. The van der Waals surface area contributed by atoms with Crippen LogP contribution >= 0.6 is 11.6 Å². The highest BCUT2D eigenvalue weighted by atomic mass is 35.5. The van der Waals surface area contributed by atoms with Gasteiger partial charge in [-0.3, -0.25) is 14.3 Å². The van der Waals surface area contributed by atoms with Crippen molar-refractivity contribution in [1.29, 1.82) is 0 Å². The van der Waals surface area contributed by atoms with Gasteiger partial charge in [-0.2, -0.15) is 0 Å². The van der Waals surface area contributed by atoms with E-state index in [1.807, 2.05) is 4.90 Å². The number of hydrogen-bond donors (Lipinski definition) is 3. The monoisotopic (exact) mass is 558 g/mol. The van der Waals surface area contributed by atoms with Crippen molar-refractivity contribution in [2.45, 2.75) is 4.90 Å². The van der Waals surface area contributed by atoms with Crippen LogP contribution in [0.5, 0.6) is 5.75 Å². The van der Waals surface area contributed by atoms with E-state index in [-0.39, 0.29) is 27.8 Å². The molecule has 10 nitrogen and oxygen atoms in total. The highest BCUT2D eigenvalue weighted by molar-refractivity contribution is 7.93. The molecule has 38 heavy (non-hydrogen) atoms. The first-order chi connectivity index (χ1) is 18.3. The Bertz CT molecular complexity index is 1410. The van der Waals surface area contributed by atoms with E-state index in [4.69, 9.17) is 21.1 Å². The number of sulfonamides is 1. The zero-order chi connectivity index (χ0) is 27.1. The van der Waals surface area contributed by atoms with E-state index in [1.165, 1.54) is 13.2 Å². The van der Waals surface area contributed by atoms with Gasteiger partial charge in [-0.15, -0.1) is 0 Å². The van der Waals surface area contributed by atoms with Gasteiger partial charge in [-0.1, -0.05) is 23.7 Å². The van der Waals surface area contributed by atoms with Gasteiger partial charge < -0.3 is 25.0 Å². The van der Waals surface area contributed by atoms with Crippen molar-refractivity contribution in [2.24, 2.45) is 0 Å². The normalized spacial score (nSPS) is 13.5. The predicted octanol–water partition coefficient (Wildman–Crippen LogP) is 3.35. The largest absolute Gasteiger partial charge is 0.497 e. The molecule has 12 heteroatoms. The second-order valence-corrected chi connectivity index (χ2v) is 10.4. The van der Waals surface area contributed by atoms with E-state index in [1.54, 1.807) is 60.7 Å². The summed E-state index contributed by atoms with van der Waals surface area (Å²) >= 11 is 6.17. The van der Waals surface area contributed by atoms with E-state index in [9.17, 15) is 18.0 Å². The summed E-state index contributed by atoms with van der Waals surface area (Å²) in [6.45, 7) is 1.64. The molecular weight excluding hydrogens is 532 g/mol. The molecular formula is C26H27ClN4O6S. The van der Waals surface area contributed by atoms with Crippen molar-refractivity contribution in [2.75, 3.05) is 54.9 Å². The van der Waals surface area contributed by atoms with Crippen LogP contribution in [0.3, 0.4) is 0 Å². The Morgan fingerprint density at radius 3 is 2.42 bits per heavy atom. The summed E-state index contributed by atoms with van der Waals surface area (Å²) in [6.07, 6.45) is 0. The number of halogens is 1. The number of benzene rings is 3. The first kappa shape index (κ1) is 27.2. The average molecular weight is 559 g/mol. The molecule has 0 aliphatic carbocycles. The fourth-order valence-corrected chi connectivity index (χ4v) is 5.40. The van der Waals surface area contributed by atoms with Gasteiger partial charge >= 0.3 is 0 Å². The zero-order valence-corrected chi connectivity index (χ0v) is 22.1. The molecule has 0 aromatic heterocycles. The molecule has 3 aromatic rings. The van der Waals surface area contributed by atoms with Crippen LogP contribution in [0.2, 0.25) is 5.02 Å². The first-order valence-electron chi connectivity index (χ1n) is 11.7. The number of ether oxygens (including phenoxy) is 2. The Morgan fingerprint density at radius 1 is 1.03 bits per heavy atom. The lowest BCUT2D eigenvalue weighted by Gasteiger charge is -2.30. The number of methoxy groups -OCH3 is 1. The van der Waals surface area contributed by atoms with E-state index in [0.717, 1.165) is 0 Å². The molecule has 0 bridgehead atoms. The molecule has 3 aromatic carbocycles. The van der Waals surface area contributed by atoms with Crippen LogP contribution in [0.1, 0.15) is 10.4 Å². The number of nitrogens with one attached hydrogen (secondary N) is 3. The van der Waals surface area contributed by atoms with Crippen molar-refractivity contribution in [1.82, 2.24) is 5.32 Å². The average Bonchev–Trinajstić information content (AvgIpc) is 2.93. The Kier molecular flexibility index (Phi) is 8.72. The third-order valence-electron chi connectivity index (χ3n) is 5.76. The summed E-state index contributed by atoms with van der Waals surface area (Å²) in [5.41, 5.74) is 1.33. The van der Waals surface area contributed by atoms with Crippen LogP contribution < -0.4 is 25.0 Å². The standard InChI is InChI=1S/C26H27ClN4O6S/c1-36-20-9-6-18(7-10-20)26(33)28-17-25(32)29-19-8-11-23(31-12-14-37-15-13-31)24(16-19)38(34,35)30-22-5-3-2-4-21(22)27/h2-11,16,30H,12-15,17H2,1H3,(H,28,33)(H,29,32). The van der Waals surface area contributed by atoms with Gasteiger partial charge in [-0.05, 0) is 54.6 Å². The van der Waals surface area contributed by atoms with Crippen molar-refractivity contribution in [3.8, 4) is 5.75 Å². The minimum absolute atomic E-state index is 0.0283. The van der Waals surface area contributed by atoms with Gasteiger partial charge in [0.05, 0.1) is 43.3 Å². The van der Waals surface area contributed by atoms with Crippen molar-refractivity contribution in [3.63, 3.8) is 0 Å². The number of nitrogens with zero attached hydrogens (tertiary/aromatic N) is 1. The lowest BCUT2D eigenvalue weighted by molar-refractivity contribution is -0.115. The van der Waals surface area contributed by atoms with Gasteiger partial charge in [0.15, 0.2) is 0 Å². The van der Waals surface area contributed by atoms with Crippen LogP contribution in [0.4, 0.5) is 17.1 Å². The topological polar surface area (TPSA) is 126 Å². The summed E-state index contributed by atoms with van der Waals surface area (Å²) in [5.74, 6) is -0.347. The molecule has 0 spiro atoms. The fraction of sp³-hybridized carbons (Fsp3) is 0.231. The van der Waals surface area contributed by atoms with Gasteiger partial charge in [0.2, 0.25) is 5.91 Å². The second kappa shape index (κ2) is 12.2. The summed E-state index contributed by atoms with van der Waals surface area (Å²) in [4.78, 5) is 26.8. The van der Waals surface area contributed by atoms with Crippen molar-refractivity contribution in [3.05, 3.63) is 77.3 Å². The SMILES string of the molecule is COc1ccc(C(=O)NCC(=O)Nc2ccc(N3CCOCC3)c(S(=O)(=O)Nc3ccccc3Cl)c2)cc1. The van der Waals surface area contributed by atoms with Gasteiger partial charge in [-0.25, -0.2) is 8.42 Å². The lowest BCUT2D eigenvalue weighted by Crippen LogP contribution is -2.37. The van der Waals surface area contributed by atoms with E-state index < -0.39 is 21.8 Å². The third kappa shape index (κ3) is 6.74. The number of morpholine rings is 1. The number of amides is 2. The number of rotatable bonds is 9. The van der Waals surface area contributed by atoms with Crippen molar-refractivity contribution < 1.29 is 27.5 Å². The Morgan fingerprint density at radius 2 is 1.74 bits per heavy atom. The maximum atomic E-state index is 13.5. The minimum Gasteiger partial charge on any atom is -0.497 e. The molecule has 2 amide bonds. The summed E-state index contributed by atoms with van der Waals surface area (Å²) in [5, 5.41) is 5.44. The number of carbonyl (C=O) groups excluding carboxylic acids is 2. The predicted molar refractivity (Wildman–Crippen MR) is 146 cm³/mol. The maximum absolute atomic E-state index is 13.5. The molecule has 1 saturated heterocycles. The van der Waals surface area contributed by atoms with Gasteiger partial charge in [0, 0.05) is 24.3 Å². The second-order valence-electron chi connectivity index (χ2n) is 8.33. The van der Waals surface area contributed by atoms with Crippen molar-refractivity contribution >= 4 is 50.5 Å². The molecule has 0 unspecified atom stereocenters. The molecule has 1 aliphatic heterocycles. The molecule has 1 fully saturated rings. The molecule has 0 radical (unpaired) electrons. The van der Waals surface area contributed by atoms with Gasteiger partial charge in [0.1, 0.15) is 10.6 Å². The highest BCUT2D eigenvalue weighted by Gasteiger charge is 2.25. The molecule has 200 valence electrons. The first-order valence-corrected chi connectivity index (χ1v) is 13.6.